The molecule has 0 saturated heterocycles. The Morgan fingerprint density at radius 2 is 2.07 bits per heavy atom. The lowest BCUT2D eigenvalue weighted by Gasteiger charge is -2.21. The van der Waals surface area contributed by atoms with Gasteiger partial charge in [0.2, 0.25) is 0 Å². The molecule has 2 aliphatic rings. The average Bonchev–Trinajstić information content (AvgIpc) is 2.77. The summed E-state index contributed by atoms with van der Waals surface area (Å²) in [5.41, 5.74) is 4.39. The van der Waals surface area contributed by atoms with Gasteiger partial charge in [-0.2, -0.15) is 0 Å². The Labute approximate surface area is 88.4 Å². The predicted octanol–water partition coefficient (Wildman–Crippen LogP) is 2.86. The van der Waals surface area contributed by atoms with Gasteiger partial charge in [0.05, 0.1) is 0 Å². The number of rotatable bonds is 1. The number of fused-ring (bicyclic) bond motifs is 3. The van der Waals surface area contributed by atoms with E-state index in [0.29, 0.717) is 0 Å². The monoisotopic (exact) mass is 194 g/mol. The van der Waals surface area contributed by atoms with Crippen LogP contribution in [0.1, 0.15) is 17.0 Å². The quantitative estimate of drug-likeness (QED) is 0.628. The highest BCUT2D eigenvalue weighted by Crippen LogP contribution is 2.40. The molecule has 72 valence electrons. The molecule has 0 bridgehead atoms. The minimum Gasteiger partial charge on any atom is -0.298 e. The number of hydrogen-bond donors (Lipinski definition) is 0. The van der Waals surface area contributed by atoms with Crippen molar-refractivity contribution in [2.45, 2.75) is 5.92 Å². The molecule has 0 spiro atoms. The van der Waals surface area contributed by atoms with Crippen molar-refractivity contribution in [3.63, 3.8) is 0 Å². The summed E-state index contributed by atoms with van der Waals surface area (Å²) in [4.78, 5) is 11.0. The van der Waals surface area contributed by atoms with Crippen molar-refractivity contribution < 1.29 is 4.79 Å². The molecule has 1 aromatic rings. The van der Waals surface area contributed by atoms with E-state index < -0.39 is 0 Å². The smallest absolute Gasteiger partial charge is 0.150 e. The molecule has 15 heavy (non-hydrogen) atoms. The molecule has 1 aromatic carbocycles. The van der Waals surface area contributed by atoms with Crippen molar-refractivity contribution in [3.8, 4) is 0 Å². The van der Waals surface area contributed by atoms with Gasteiger partial charge in [0, 0.05) is 11.5 Å². The van der Waals surface area contributed by atoms with Gasteiger partial charge < -0.3 is 0 Å². The molecule has 0 aromatic heterocycles. The highest BCUT2D eigenvalue weighted by Gasteiger charge is 2.25. The molecule has 2 aliphatic carbocycles. The fourth-order valence-electron chi connectivity index (χ4n) is 2.30. The van der Waals surface area contributed by atoms with Crippen LogP contribution in [0.4, 0.5) is 0 Å². The first-order chi connectivity index (χ1) is 7.40. The molecular formula is C14H10O. The lowest BCUT2D eigenvalue weighted by atomic mass is 9.81. The van der Waals surface area contributed by atoms with Crippen LogP contribution in [0.2, 0.25) is 0 Å². The third-order valence-corrected chi connectivity index (χ3v) is 3.02. The Morgan fingerprint density at radius 1 is 1.20 bits per heavy atom. The van der Waals surface area contributed by atoms with Crippen LogP contribution < -0.4 is 0 Å². The number of benzene rings is 1. The van der Waals surface area contributed by atoms with Gasteiger partial charge in [0.25, 0.3) is 0 Å². The van der Waals surface area contributed by atoms with Crippen LogP contribution >= 0.6 is 0 Å². The van der Waals surface area contributed by atoms with Crippen molar-refractivity contribution in [1.82, 2.24) is 0 Å². The number of hydrogen-bond acceptors (Lipinski definition) is 1. The summed E-state index contributed by atoms with van der Waals surface area (Å²) in [6.45, 7) is 0. The summed E-state index contributed by atoms with van der Waals surface area (Å²) >= 11 is 0. The summed E-state index contributed by atoms with van der Waals surface area (Å²) < 4.78 is 0. The van der Waals surface area contributed by atoms with Gasteiger partial charge in [-0.3, -0.25) is 4.79 Å². The van der Waals surface area contributed by atoms with Gasteiger partial charge in [-0.15, -0.1) is 0 Å². The summed E-state index contributed by atoms with van der Waals surface area (Å²) in [5.74, 6) is 0.284. The van der Waals surface area contributed by atoms with Crippen LogP contribution in [0.15, 0.2) is 53.6 Å². The Bertz CT molecular complexity index is 518. The van der Waals surface area contributed by atoms with E-state index in [1.54, 1.807) is 0 Å². The Balaban J connectivity index is 2.27. The van der Waals surface area contributed by atoms with Gasteiger partial charge in [0.15, 0.2) is 0 Å². The van der Waals surface area contributed by atoms with Crippen LogP contribution in [0.5, 0.6) is 0 Å². The van der Waals surface area contributed by atoms with Crippen LogP contribution in [0.25, 0.3) is 6.08 Å². The Hall–Kier alpha value is -1.89. The van der Waals surface area contributed by atoms with E-state index in [2.05, 4.69) is 18.2 Å². The molecule has 0 radical (unpaired) electrons. The molecule has 0 saturated carbocycles. The fraction of sp³-hybridized carbons (Fsp3) is 0.0714. The lowest BCUT2D eigenvalue weighted by molar-refractivity contribution is -0.104. The van der Waals surface area contributed by atoms with Crippen molar-refractivity contribution in [2.75, 3.05) is 0 Å². The third kappa shape index (κ3) is 1.13. The van der Waals surface area contributed by atoms with E-state index in [-0.39, 0.29) is 5.92 Å². The molecule has 1 atom stereocenters. The molecule has 0 fully saturated rings. The molecule has 1 nitrogen and oxygen atoms in total. The summed E-state index contributed by atoms with van der Waals surface area (Å²) in [5, 5.41) is 0. The van der Waals surface area contributed by atoms with Crippen LogP contribution in [0, 0.1) is 0 Å². The third-order valence-electron chi connectivity index (χ3n) is 3.02. The summed E-state index contributed by atoms with van der Waals surface area (Å²) in [6.07, 6.45) is 9.12. The van der Waals surface area contributed by atoms with Crippen LogP contribution in [0.3, 0.4) is 0 Å². The molecule has 0 heterocycles. The number of allylic oxidation sites excluding steroid dienone is 5. The first-order valence-electron chi connectivity index (χ1n) is 5.05. The number of carbonyl (C=O) groups is 1. The molecule has 0 aliphatic heterocycles. The zero-order valence-electron chi connectivity index (χ0n) is 8.18. The summed E-state index contributed by atoms with van der Waals surface area (Å²) in [6, 6.07) is 8.23. The minimum atomic E-state index is 0.284. The molecule has 0 N–H and O–H groups in total. The standard InChI is InChI=1S/C14H10O/c15-9-11-8-10-4-1-2-5-12(10)14-7-3-6-13(11)14/h1-9,14H. The second-order valence-electron chi connectivity index (χ2n) is 3.83. The van der Waals surface area contributed by atoms with E-state index in [9.17, 15) is 4.79 Å². The van der Waals surface area contributed by atoms with E-state index in [0.717, 1.165) is 23.0 Å². The van der Waals surface area contributed by atoms with E-state index in [1.807, 2.05) is 30.4 Å². The maximum Gasteiger partial charge on any atom is 0.150 e. The second-order valence-corrected chi connectivity index (χ2v) is 3.83. The molecular weight excluding hydrogens is 184 g/mol. The Kier molecular flexibility index (Phi) is 1.72. The summed E-state index contributed by atoms with van der Waals surface area (Å²) in [7, 11) is 0. The fourth-order valence-corrected chi connectivity index (χ4v) is 2.30. The van der Waals surface area contributed by atoms with Crippen molar-refractivity contribution in [2.24, 2.45) is 0 Å². The maximum atomic E-state index is 11.0. The second kappa shape index (κ2) is 3.06. The van der Waals surface area contributed by atoms with Crippen molar-refractivity contribution >= 4 is 12.4 Å². The number of carbonyl (C=O) groups excluding carboxylic acids is 1. The lowest BCUT2D eigenvalue weighted by Crippen LogP contribution is -2.07. The largest absolute Gasteiger partial charge is 0.298 e. The van der Waals surface area contributed by atoms with E-state index >= 15 is 0 Å². The average molecular weight is 194 g/mol. The van der Waals surface area contributed by atoms with Gasteiger partial charge in [-0.25, -0.2) is 0 Å². The van der Waals surface area contributed by atoms with Gasteiger partial charge in [-0.1, -0.05) is 42.5 Å². The first kappa shape index (κ1) is 8.42. The molecule has 3 rings (SSSR count). The zero-order chi connectivity index (χ0) is 10.3. The Morgan fingerprint density at radius 3 is 2.93 bits per heavy atom. The first-order valence-corrected chi connectivity index (χ1v) is 5.05. The van der Waals surface area contributed by atoms with Crippen LogP contribution in [-0.4, -0.2) is 6.29 Å². The highest BCUT2D eigenvalue weighted by molar-refractivity contribution is 5.92. The zero-order valence-corrected chi connectivity index (χ0v) is 8.18. The molecule has 0 amide bonds. The SMILES string of the molecule is O=CC1=Cc2ccccc2C2C=CC=C12. The molecule has 1 unspecified atom stereocenters. The van der Waals surface area contributed by atoms with Crippen LogP contribution in [-0.2, 0) is 4.79 Å². The maximum absolute atomic E-state index is 11.0. The van der Waals surface area contributed by atoms with E-state index in [1.165, 1.54) is 5.56 Å². The van der Waals surface area contributed by atoms with Crippen molar-refractivity contribution in [1.29, 1.82) is 0 Å². The highest BCUT2D eigenvalue weighted by atomic mass is 16.1. The number of aldehydes is 1. The normalized spacial score (nSPS) is 21.5. The van der Waals surface area contributed by atoms with E-state index in [4.69, 9.17) is 0 Å². The minimum absolute atomic E-state index is 0.284. The van der Waals surface area contributed by atoms with Crippen molar-refractivity contribution in [3.05, 3.63) is 64.8 Å². The molecule has 1 heteroatoms. The van der Waals surface area contributed by atoms with Gasteiger partial charge in [-0.05, 0) is 22.8 Å². The van der Waals surface area contributed by atoms with Gasteiger partial charge >= 0.3 is 0 Å². The van der Waals surface area contributed by atoms with Gasteiger partial charge in [0.1, 0.15) is 6.29 Å². The topological polar surface area (TPSA) is 17.1 Å². The predicted molar refractivity (Wildman–Crippen MR) is 60.4 cm³/mol.